The summed E-state index contributed by atoms with van der Waals surface area (Å²) >= 11 is 0. The maximum atomic E-state index is 8.97. The van der Waals surface area contributed by atoms with Crippen molar-refractivity contribution in [3.8, 4) is 11.8 Å². The van der Waals surface area contributed by atoms with Crippen LogP contribution in [0.3, 0.4) is 0 Å². The first-order chi connectivity index (χ1) is 11.4. The normalized spacial score (nSPS) is 24.0. The topological polar surface area (TPSA) is 66.6 Å². The van der Waals surface area contributed by atoms with E-state index in [9.17, 15) is 0 Å². The van der Waals surface area contributed by atoms with Crippen molar-refractivity contribution in [2.75, 3.05) is 0 Å². The average Bonchev–Trinajstić information content (AvgIpc) is 2.59. The maximum absolute atomic E-state index is 8.97. The molecule has 114 valence electrons. The van der Waals surface area contributed by atoms with Gasteiger partial charge in [0.1, 0.15) is 0 Å². The van der Waals surface area contributed by atoms with E-state index in [1.807, 2.05) is 60.7 Å². The number of rotatable bonds is 0. The fraction of sp³-hybridized carbons (Fsp3) is 0. The predicted molar refractivity (Wildman–Crippen MR) is 89.9 cm³/mol. The minimum absolute atomic E-state index is 0.458. The highest BCUT2D eigenvalue weighted by Crippen LogP contribution is 2.19. The van der Waals surface area contributed by atoms with E-state index in [4.69, 9.17) is 15.1 Å². The van der Waals surface area contributed by atoms with Gasteiger partial charge in [0.05, 0.1) is 17.9 Å². The molecule has 0 saturated heterocycles. The average molecular weight is 305 g/mol. The second-order valence-electron chi connectivity index (χ2n) is 4.30. The van der Waals surface area contributed by atoms with Gasteiger partial charge in [-0.25, -0.2) is 0 Å². The molecule has 0 amide bonds. The third-order valence-corrected chi connectivity index (χ3v) is 2.71. The lowest BCUT2D eigenvalue weighted by Gasteiger charge is -2.05. The summed E-state index contributed by atoms with van der Waals surface area (Å²) in [6.45, 7) is 0. The van der Waals surface area contributed by atoms with Gasteiger partial charge >= 0.3 is 0 Å². The lowest BCUT2D eigenvalue weighted by Crippen LogP contribution is -2.10. The Morgan fingerprint density at radius 2 is 1.70 bits per heavy atom. The van der Waals surface area contributed by atoms with Crippen LogP contribution >= 0.6 is 0 Å². The number of fused-ring (bicyclic) bond motifs is 1. The molecule has 1 aliphatic rings. The number of allylic oxidation sites excluding steroid dienone is 9. The molecule has 1 N–H and O–H groups in total. The first kappa shape index (κ1) is 16.0. The van der Waals surface area contributed by atoms with Crippen molar-refractivity contribution in [1.82, 2.24) is 5.59 Å². The molecule has 5 heteroatoms. The van der Waals surface area contributed by atoms with Gasteiger partial charge in [0.2, 0.25) is 0 Å². The van der Waals surface area contributed by atoms with Crippen molar-refractivity contribution in [2.45, 2.75) is 0 Å². The summed E-state index contributed by atoms with van der Waals surface area (Å²) in [5.41, 5.74) is 3.60. The van der Waals surface area contributed by atoms with Crippen LogP contribution in [0.1, 0.15) is 5.56 Å². The van der Waals surface area contributed by atoms with E-state index < -0.39 is 0 Å². The summed E-state index contributed by atoms with van der Waals surface area (Å²) in [5, 5.41) is 12.7. The molecule has 23 heavy (non-hydrogen) atoms. The largest absolute Gasteiger partial charge is 0.312 e. The van der Waals surface area contributed by atoms with E-state index in [2.05, 4.69) is 10.7 Å². The molecule has 2 rings (SSSR count). The monoisotopic (exact) mass is 305 g/mol. The molecule has 1 heterocycles. The molecule has 1 aliphatic heterocycles. The lowest BCUT2D eigenvalue weighted by atomic mass is 10.2. The number of nitrogens with one attached hydrogen (secondary N) is 1. The van der Waals surface area contributed by atoms with Crippen molar-refractivity contribution in [2.24, 2.45) is 5.10 Å². The number of nitrogens with zero attached hydrogens (tertiary/aromatic N) is 2. The summed E-state index contributed by atoms with van der Waals surface area (Å²) in [4.78, 5) is 9.96. The van der Waals surface area contributed by atoms with Gasteiger partial charge < -0.3 is 4.89 Å². The van der Waals surface area contributed by atoms with Crippen LogP contribution in [0.2, 0.25) is 0 Å². The fourth-order valence-electron chi connectivity index (χ4n) is 1.63. The van der Waals surface area contributed by atoms with Crippen LogP contribution in [-0.4, -0.2) is 6.21 Å². The summed E-state index contributed by atoms with van der Waals surface area (Å²) in [5.74, 6) is 0.551. The lowest BCUT2D eigenvalue weighted by molar-refractivity contribution is -0.258. The number of hydrazone groups is 1. The van der Waals surface area contributed by atoms with E-state index in [0.717, 1.165) is 5.56 Å². The Balaban J connectivity index is 2.19. The highest BCUT2D eigenvalue weighted by molar-refractivity contribution is 5.74. The van der Waals surface area contributed by atoms with Crippen molar-refractivity contribution in [1.29, 1.82) is 5.26 Å². The smallest absolute Gasteiger partial charge is 0.175 e. The Morgan fingerprint density at radius 1 is 0.957 bits per heavy atom. The van der Waals surface area contributed by atoms with Gasteiger partial charge in [0.15, 0.2) is 5.75 Å². The Bertz CT molecular complexity index is 735. The second kappa shape index (κ2) is 9.55. The molecule has 0 spiro atoms. The van der Waals surface area contributed by atoms with Crippen molar-refractivity contribution < 1.29 is 9.88 Å². The first-order valence-corrected chi connectivity index (χ1v) is 6.89. The van der Waals surface area contributed by atoms with Gasteiger partial charge in [-0.05, 0) is 23.2 Å². The minimum atomic E-state index is 0.458. The molecule has 0 saturated carbocycles. The molecular weight excluding hydrogens is 290 g/mol. The summed E-state index contributed by atoms with van der Waals surface area (Å²) in [6.07, 6.45) is 17.7. The number of benzene rings is 1. The summed E-state index contributed by atoms with van der Waals surface area (Å²) in [6, 6.07) is 9.48. The quantitative estimate of drug-likeness (QED) is 0.743. The molecular formula is C18H15N3O2. The van der Waals surface area contributed by atoms with Gasteiger partial charge in [-0.3, -0.25) is 0 Å². The van der Waals surface area contributed by atoms with Crippen LogP contribution in [0.4, 0.5) is 0 Å². The molecule has 0 unspecified atom stereocenters. The first-order valence-electron chi connectivity index (χ1n) is 6.89. The predicted octanol–water partition coefficient (Wildman–Crippen LogP) is 3.63. The van der Waals surface area contributed by atoms with E-state index in [0.29, 0.717) is 11.3 Å². The highest BCUT2D eigenvalue weighted by atomic mass is 17.3. The SMILES string of the molecule is N#CC1=C/C=N\NOOc2ccccc2\C=C/C=C\C=C/C=C\1. The van der Waals surface area contributed by atoms with Gasteiger partial charge in [0, 0.05) is 5.56 Å². The Hall–Kier alpha value is -3.36. The number of para-hydroxylation sites is 1. The van der Waals surface area contributed by atoms with E-state index >= 15 is 0 Å². The van der Waals surface area contributed by atoms with Gasteiger partial charge in [0.25, 0.3) is 0 Å². The van der Waals surface area contributed by atoms with Crippen LogP contribution in [0.25, 0.3) is 6.08 Å². The molecule has 1 aromatic carbocycles. The van der Waals surface area contributed by atoms with Crippen LogP contribution < -0.4 is 10.5 Å². The second-order valence-corrected chi connectivity index (χ2v) is 4.30. The van der Waals surface area contributed by atoms with E-state index in [1.54, 1.807) is 24.3 Å². The van der Waals surface area contributed by atoms with Crippen molar-refractivity contribution in [3.05, 3.63) is 84.0 Å². The molecule has 0 aromatic heterocycles. The summed E-state index contributed by atoms with van der Waals surface area (Å²) in [7, 11) is 0. The van der Waals surface area contributed by atoms with E-state index in [1.165, 1.54) is 6.21 Å². The van der Waals surface area contributed by atoms with Crippen molar-refractivity contribution >= 4 is 12.3 Å². The van der Waals surface area contributed by atoms with E-state index in [-0.39, 0.29) is 0 Å². The molecule has 0 fully saturated rings. The number of nitriles is 1. The third-order valence-electron chi connectivity index (χ3n) is 2.71. The molecule has 0 atom stereocenters. The highest BCUT2D eigenvalue weighted by Gasteiger charge is 1.99. The fourth-order valence-corrected chi connectivity index (χ4v) is 1.63. The van der Waals surface area contributed by atoms with Crippen LogP contribution in [-0.2, 0) is 4.99 Å². The molecule has 0 bridgehead atoms. The Kier molecular flexibility index (Phi) is 6.65. The van der Waals surface area contributed by atoms with Crippen LogP contribution in [0.5, 0.6) is 5.75 Å². The zero-order chi connectivity index (χ0) is 16.2. The van der Waals surface area contributed by atoms with Crippen LogP contribution in [0, 0.1) is 11.3 Å². The number of hydrogen-bond donors (Lipinski definition) is 1. The third kappa shape index (κ3) is 5.87. The molecule has 0 aliphatic carbocycles. The Morgan fingerprint density at radius 3 is 2.52 bits per heavy atom. The molecule has 0 radical (unpaired) electrons. The number of hydrogen-bond acceptors (Lipinski definition) is 5. The van der Waals surface area contributed by atoms with Crippen LogP contribution in [0.15, 0.2) is 83.5 Å². The Labute approximate surface area is 134 Å². The zero-order valence-electron chi connectivity index (χ0n) is 12.3. The van der Waals surface area contributed by atoms with Gasteiger partial charge in [-0.15, -0.1) is 5.59 Å². The minimum Gasteiger partial charge on any atom is -0.312 e. The zero-order valence-corrected chi connectivity index (χ0v) is 12.3. The summed E-state index contributed by atoms with van der Waals surface area (Å²) < 4.78 is 0. The van der Waals surface area contributed by atoms with Gasteiger partial charge in [-0.2, -0.15) is 10.4 Å². The van der Waals surface area contributed by atoms with Gasteiger partial charge in [-0.1, -0.05) is 60.7 Å². The standard InChI is InChI=1S/C18H15N3O2/c19-15-16-9-5-3-1-2-4-6-10-17-11-7-8-12-18(17)22-23-21-20-14-13-16/h1-14,21H/b3-1-,4-2-,9-5-,10-6-,16-13+,20-14-. The van der Waals surface area contributed by atoms with Crippen molar-refractivity contribution in [3.63, 3.8) is 0 Å². The maximum Gasteiger partial charge on any atom is 0.175 e. The molecule has 1 aromatic rings. The molecule has 5 nitrogen and oxygen atoms in total.